The lowest BCUT2D eigenvalue weighted by Gasteiger charge is -2.36. The number of carbonyl (C=O) groups excluding carboxylic acids is 1. The van der Waals surface area contributed by atoms with E-state index in [-0.39, 0.29) is 29.7 Å². The van der Waals surface area contributed by atoms with Crippen molar-refractivity contribution < 1.29 is 19.4 Å². The predicted molar refractivity (Wildman–Crippen MR) is 76.8 cm³/mol. The predicted octanol–water partition coefficient (Wildman–Crippen LogP) is 2.05. The van der Waals surface area contributed by atoms with Crippen LogP contribution in [0.1, 0.15) is 51.4 Å². The van der Waals surface area contributed by atoms with E-state index in [9.17, 15) is 9.59 Å². The van der Waals surface area contributed by atoms with E-state index in [4.69, 9.17) is 9.84 Å². The highest BCUT2D eigenvalue weighted by atomic mass is 16.5. The zero-order chi connectivity index (χ0) is 14.9. The summed E-state index contributed by atoms with van der Waals surface area (Å²) in [5.74, 6) is -0.306. The van der Waals surface area contributed by atoms with Crippen LogP contribution >= 0.6 is 0 Å². The van der Waals surface area contributed by atoms with Crippen molar-refractivity contribution >= 4 is 11.9 Å². The molecule has 0 aromatic carbocycles. The number of amides is 1. The van der Waals surface area contributed by atoms with Crippen molar-refractivity contribution in [1.82, 2.24) is 4.90 Å². The lowest BCUT2D eigenvalue weighted by atomic mass is 9.92. The van der Waals surface area contributed by atoms with Crippen LogP contribution < -0.4 is 0 Å². The second-order valence-corrected chi connectivity index (χ2v) is 6.85. The van der Waals surface area contributed by atoms with Gasteiger partial charge in [0.2, 0.25) is 5.91 Å². The number of carboxylic acids is 1. The standard InChI is InChI=1S/C16H25NO4/c18-14(19)5-4-12-3-1-2-8-17(12)15(20)13-11-16(13)6-9-21-10-7-16/h12-13H,1-11H2,(H,18,19)/t12-,13+/m1/s1. The van der Waals surface area contributed by atoms with Gasteiger partial charge in [-0.1, -0.05) is 0 Å². The minimum Gasteiger partial charge on any atom is -0.481 e. The van der Waals surface area contributed by atoms with Crippen LogP contribution in [0, 0.1) is 11.3 Å². The SMILES string of the molecule is O=C(O)CC[C@H]1CCCCN1C(=O)[C@@H]1CC12CCOCC2. The summed E-state index contributed by atoms with van der Waals surface area (Å²) in [6.45, 7) is 2.38. The molecular weight excluding hydrogens is 270 g/mol. The van der Waals surface area contributed by atoms with E-state index in [1.165, 1.54) is 0 Å². The van der Waals surface area contributed by atoms with Gasteiger partial charge in [-0.3, -0.25) is 9.59 Å². The summed E-state index contributed by atoms with van der Waals surface area (Å²) >= 11 is 0. The summed E-state index contributed by atoms with van der Waals surface area (Å²) in [4.78, 5) is 25.6. The Balaban J connectivity index is 1.60. The van der Waals surface area contributed by atoms with E-state index >= 15 is 0 Å². The third-order valence-corrected chi connectivity index (χ3v) is 5.58. The Morgan fingerprint density at radius 3 is 2.71 bits per heavy atom. The number of piperidine rings is 1. The summed E-state index contributed by atoms with van der Waals surface area (Å²) in [5, 5.41) is 8.87. The molecule has 21 heavy (non-hydrogen) atoms. The minimum atomic E-state index is -0.764. The van der Waals surface area contributed by atoms with Crippen molar-refractivity contribution in [3.05, 3.63) is 0 Å². The number of aliphatic carboxylic acids is 1. The fourth-order valence-corrected chi connectivity index (χ4v) is 4.11. The number of likely N-dealkylation sites (tertiary alicyclic amines) is 1. The first-order chi connectivity index (χ1) is 10.1. The highest BCUT2D eigenvalue weighted by Gasteiger charge is 2.59. The van der Waals surface area contributed by atoms with Crippen LogP contribution in [0.25, 0.3) is 0 Å². The van der Waals surface area contributed by atoms with Crippen LogP contribution in [0.2, 0.25) is 0 Å². The summed E-state index contributed by atoms with van der Waals surface area (Å²) in [6, 6.07) is 0.139. The van der Waals surface area contributed by atoms with E-state index in [1.807, 2.05) is 4.90 Å². The smallest absolute Gasteiger partial charge is 0.303 e. The Morgan fingerprint density at radius 2 is 2.00 bits per heavy atom. The number of hydrogen-bond donors (Lipinski definition) is 1. The Hall–Kier alpha value is -1.10. The minimum absolute atomic E-state index is 0.139. The molecule has 5 nitrogen and oxygen atoms in total. The lowest BCUT2D eigenvalue weighted by molar-refractivity contribution is -0.141. The van der Waals surface area contributed by atoms with Crippen molar-refractivity contribution in [2.45, 2.75) is 57.4 Å². The summed E-state index contributed by atoms with van der Waals surface area (Å²) in [7, 11) is 0. The van der Waals surface area contributed by atoms with Crippen LogP contribution in [0.15, 0.2) is 0 Å². The Kier molecular flexibility index (Phi) is 4.20. The molecule has 0 aromatic rings. The first-order valence-electron chi connectivity index (χ1n) is 8.22. The topological polar surface area (TPSA) is 66.8 Å². The molecule has 3 fully saturated rings. The van der Waals surface area contributed by atoms with Crippen LogP contribution in [0.5, 0.6) is 0 Å². The van der Waals surface area contributed by atoms with Crippen LogP contribution in [0.4, 0.5) is 0 Å². The molecule has 1 spiro atoms. The van der Waals surface area contributed by atoms with Crippen LogP contribution in [-0.2, 0) is 14.3 Å². The zero-order valence-electron chi connectivity index (χ0n) is 12.6. The Labute approximate surface area is 125 Å². The van der Waals surface area contributed by atoms with E-state index in [1.54, 1.807) is 0 Å². The molecule has 2 heterocycles. The van der Waals surface area contributed by atoms with Crippen molar-refractivity contribution in [3.63, 3.8) is 0 Å². The number of nitrogens with zero attached hydrogens (tertiary/aromatic N) is 1. The maximum absolute atomic E-state index is 12.8. The fourth-order valence-electron chi connectivity index (χ4n) is 4.11. The number of rotatable bonds is 4. The molecule has 1 amide bonds. The number of ether oxygens (including phenoxy) is 1. The van der Waals surface area contributed by atoms with Crippen molar-refractivity contribution in [3.8, 4) is 0 Å². The van der Waals surface area contributed by atoms with Crippen molar-refractivity contribution in [1.29, 1.82) is 0 Å². The quantitative estimate of drug-likeness (QED) is 0.862. The second-order valence-electron chi connectivity index (χ2n) is 6.85. The maximum Gasteiger partial charge on any atom is 0.303 e. The summed E-state index contributed by atoms with van der Waals surface area (Å²) < 4.78 is 5.41. The lowest BCUT2D eigenvalue weighted by Crippen LogP contribution is -2.45. The molecule has 0 bridgehead atoms. The monoisotopic (exact) mass is 295 g/mol. The van der Waals surface area contributed by atoms with Gasteiger partial charge in [0, 0.05) is 38.1 Å². The van der Waals surface area contributed by atoms with Crippen LogP contribution in [0.3, 0.4) is 0 Å². The van der Waals surface area contributed by atoms with Crippen LogP contribution in [-0.4, -0.2) is 47.7 Å². The molecule has 1 aliphatic carbocycles. The van der Waals surface area contributed by atoms with Gasteiger partial charge in [0.25, 0.3) is 0 Å². The third-order valence-electron chi connectivity index (χ3n) is 5.58. The maximum atomic E-state index is 12.8. The van der Waals surface area contributed by atoms with Crippen molar-refractivity contribution in [2.24, 2.45) is 11.3 Å². The number of hydrogen-bond acceptors (Lipinski definition) is 3. The Bertz CT molecular complexity index is 417. The van der Waals surface area contributed by atoms with E-state index in [0.29, 0.717) is 6.42 Å². The molecule has 0 radical (unpaired) electrons. The molecule has 2 aliphatic heterocycles. The van der Waals surface area contributed by atoms with Gasteiger partial charge < -0.3 is 14.7 Å². The molecule has 1 saturated carbocycles. The van der Waals surface area contributed by atoms with Gasteiger partial charge in [-0.2, -0.15) is 0 Å². The normalized spacial score (nSPS) is 31.1. The molecule has 1 N–H and O–H groups in total. The molecule has 3 rings (SSSR count). The van der Waals surface area contributed by atoms with E-state index in [2.05, 4.69) is 0 Å². The first kappa shape index (κ1) is 14.8. The van der Waals surface area contributed by atoms with Gasteiger partial charge in [-0.05, 0) is 50.4 Å². The molecule has 3 aliphatic rings. The van der Waals surface area contributed by atoms with Gasteiger partial charge in [0.05, 0.1) is 0 Å². The van der Waals surface area contributed by atoms with Gasteiger partial charge in [-0.15, -0.1) is 0 Å². The van der Waals surface area contributed by atoms with Gasteiger partial charge in [0.15, 0.2) is 0 Å². The average molecular weight is 295 g/mol. The highest BCUT2D eigenvalue weighted by molar-refractivity contribution is 5.83. The van der Waals surface area contributed by atoms with Gasteiger partial charge in [0.1, 0.15) is 0 Å². The molecular formula is C16H25NO4. The molecule has 2 saturated heterocycles. The molecule has 5 heteroatoms. The van der Waals surface area contributed by atoms with Gasteiger partial charge in [-0.25, -0.2) is 0 Å². The van der Waals surface area contributed by atoms with Gasteiger partial charge >= 0.3 is 5.97 Å². The molecule has 0 unspecified atom stereocenters. The van der Waals surface area contributed by atoms with Crippen molar-refractivity contribution in [2.75, 3.05) is 19.8 Å². The second kappa shape index (κ2) is 5.95. The zero-order valence-corrected chi connectivity index (χ0v) is 12.6. The molecule has 0 aromatic heterocycles. The van der Waals surface area contributed by atoms with E-state index in [0.717, 1.165) is 58.3 Å². The van der Waals surface area contributed by atoms with E-state index < -0.39 is 5.97 Å². The summed E-state index contributed by atoms with van der Waals surface area (Å²) in [6.07, 6.45) is 6.92. The highest BCUT2D eigenvalue weighted by Crippen LogP contribution is 2.60. The molecule has 118 valence electrons. The summed E-state index contributed by atoms with van der Waals surface area (Å²) in [5.41, 5.74) is 0.212. The fraction of sp³-hybridized carbons (Fsp3) is 0.875. The Morgan fingerprint density at radius 1 is 1.24 bits per heavy atom. The third kappa shape index (κ3) is 3.07. The number of carboxylic acid groups (broad SMARTS) is 1. The first-order valence-corrected chi connectivity index (χ1v) is 8.22. The molecule has 2 atom stereocenters. The largest absolute Gasteiger partial charge is 0.481 e. The average Bonchev–Trinajstić information content (AvgIpc) is 3.18. The number of carbonyl (C=O) groups is 2.